The second-order valence-electron chi connectivity index (χ2n) is 5.25. The Labute approximate surface area is 105 Å². The van der Waals surface area contributed by atoms with Gasteiger partial charge in [0.05, 0.1) is 0 Å². The van der Waals surface area contributed by atoms with Gasteiger partial charge in [0, 0.05) is 6.61 Å². The Bertz CT molecular complexity index is 338. The van der Waals surface area contributed by atoms with Crippen molar-refractivity contribution in [3.63, 3.8) is 0 Å². The summed E-state index contributed by atoms with van der Waals surface area (Å²) in [7, 11) is -2.89. The largest absolute Gasteiger partial charge is 0.396 e. The monoisotopic (exact) mass is 254 g/mol. The molecule has 0 aliphatic carbocycles. The first-order chi connectivity index (χ1) is 7.92. The smallest absolute Gasteiger partial charge is 0.282 e. The van der Waals surface area contributed by atoms with E-state index in [-0.39, 0.29) is 17.7 Å². The number of aliphatic hydroxyl groups excluding tert-OH is 1. The highest BCUT2D eigenvalue weighted by atomic mass is 28.4. The van der Waals surface area contributed by atoms with Crippen LogP contribution in [0.3, 0.4) is 0 Å². The van der Waals surface area contributed by atoms with Crippen molar-refractivity contribution in [2.75, 3.05) is 6.61 Å². The van der Waals surface area contributed by atoms with Gasteiger partial charge in [0.25, 0.3) is 8.41 Å². The first-order valence-electron chi connectivity index (χ1n) is 6.32. The van der Waals surface area contributed by atoms with Crippen molar-refractivity contribution in [3.05, 3.63) is 29.8 Å². The second kappa shape index (κ2) is 5.78. The normalized spacial score (nSPS) is 12.5. The molecule has 0 saturated heterocycles. The predicted molar refractivity (Wildman–Crippen MR) is 73.9 cm³/mol. The lowest BCUT2D eigenvalue weighted by Crippen LogP contribution is -2.49. The van der Waals surface area contributed by atoms with E-state index in [1.807, 2.05) is 52.0 Å². The van der Waals surface area contributed by atoms with Gasteiger partial charge in [-0.25, -0.2) is 0 Å². The highest BCUT2D eigenvalue weighted by Crippen LogP contribution is 2.33. The maximum atomic E-state index is 15.2. The number of benzene rings is 1. The summed E-state index contributed by atoms with van der Waals surface area (Å²) in [5, 5.41) is 9.74. The molecule has 17 heavy (non-hydrogen) atoms. The van der Waals surface area contributed by atoms with Crippen molar-refractivity contribution in [2.24, 2.45) is 0 Å². The van der Waals surface area contributed by atoms with Crippen molar-refractivity contribution in [2.45, 2.75) is 45.2 Å². The molecule has 1 nitrogen and oxygen atoms in total. The molecule has 0 heterocycles. The average Bonchev–Trinajstić information content (AvgIpc) is 2.28. The van der Waals surface area contributed by atoms with E-state index >= 15 is 4.11 Å². The van der Waals surface area contributed by atoms with Crippen LogP contribution in [0.15, 0.2) is 24.3 Å². The molecule has 1 aromatic rings. The van der Waals surface area contributed by atoms with Gasteiger partial charge in [-0.1, -0.05) is 52.0 Å². The number of halogens is 1. The Morgan fingerprint density at radius 2 is 1.53 bits per heavy atom. The first-order valence-corrected chi connectivity index (χ1v) is 8.35. The van der Waals surface area contributed by atoms with Gasteiger partial charge >= 0.3 is 0 Å². The minimum atomic E-state index is -2.89. The molecule has 0 atom stereocenters. The van der Waals surface area contributed by atoms with E-state index < -0.39 is 8.41 Å². The van der Waals surface area contributed by atoms with Crippen LogP contribution >= 0.6 is 0 Å². The van der Waals surface area contributed by atoms with Crippen molar-refractivity contribution in [1.29, 1.82) is 0 Å². The van der Waals surface area contributed by atoms with Crippen molar-refractivity contribution < 1.29 is 9.21 Å². The molecule has 0 unspecified atom stereocenters. The molecule has 0 spiro atoms. The van der Waals surface area contributed by atoms with Crippen LogP contribution in [-0.4, -0.2) is 20.1 Å². The minimum Gasteiger partial charge on any atom is -0.396 e. The third kappa shape index (κ3) is 2.96. The SMILES string of the molecule is CC(C)[Si](F)(c1ccc(CCO)cc1)C(C)C. The van der Waals surface area contributed by atoms with Crippen LogP contribution in [0, 0.1) is 0 Å². The molecule has 0 bridgehead atoms. The van der Waals surface area contributed by atoms with Crippen LogP contribution in [0.2, 0.25) is 11.1 Å². The van der Waals surface area contributed by atoms with Crippen LogP contribution in [0.5, 0.6) is 0 Å². The molecule has 0 aromatic heterocycles. The predicted octanol–water partition coefficient (Wildman–Crippen LogP) is 3.16. The summed E-state index contributed by atoms with van der Waals surface area (Å²) in [5.41, 5.74) is 1.25. The quantitative estimate of drug-likeness (QED) is 0.632. The van der Waals surface area contributed by atoms with E-state index in [1.165, 1.54) is 0 Å². The third-order valence-electron chi connectivity index (χ3n) is 3.48. The van der Waals surface area contributed by atoms with Crippen LogP contribution in [0.4, 0.5) is 4.11 Å². The number of aliphatic hydroxyl groups is 1. The van der Waals surface area contributed by atoms with E-state index in [4.69, 9.17) is 5.11 Å². The van der Waals surface area contributed by atoms with E-state index in [9.17, 15) is 0 Å². The van der Waals surface area contributed by atoms with Gasteiger partial charge in [-0.3, -0.25) is 0 Å². The third-order valence-corrected chi connectivity index (χ3v) is 8.06. The van der Waals surface area contributed by atoms with Gasteiger partial charge in [-0.05, 0) is 28.3 Å². The molecular weight excluding hydrogens is 231 g/mol. The van der Waals surface area contributed by atoms with Crippen LogP contribution < -0.4 is 5.19 Å². The summed E-state index contributed by atoms with van der Waals surface area (Å²) in [4.78, 5) is 0. The molecular formula is C14H23FOSi. The highest BCUT2D eigenvalue weighted by Gasteiger charge is 2.43. The number of hydrogen-bond donors (Lipinski definition) is 1. The Hall–Kier alpha value is -0.673. The molecule has 1 rings (SSSR count). The zero-order chi connectivity index (χ0) is 13.1. The van der Waals surface area contributed by atoms with Crippen molar-refractivity contribution in [1.82, 2.24) is 0 Å². The first kappa shape index (κ1) is 14.4. The zero-order valence-electron chi connectivity index (χ0n) is 11.2. The van der Waals surface area contributed by atoms with Crippen LogP contribution in [-0.2, 0) is 6.42 Å². The van der Waals surface area contributed by atoms with Gasteiger partial charge in [0.2, 0.25) is 0 Å². The Morgan fingerprint density at radius 1 is 1.06 bits per heavy atom. The molecule has 0 radical (unpaired) electrons. The molecule has 1 aromatic carbocycles. The van der Waals surface area contributed by atoms with E-state index in [1.54, 1.807) is 0 Å². The van der Waals surface area contributed by atoms with Crippen LogP contribution in [0.1, 0.15) is 33.3 Å². The summed E-state index contributed by atoms with van der Waals surface area (Å²) >= 11 is 0. The summed E-state index contributed by atoms with van der Waals surface area (Å²) in [6, 6.07) is 7.71. The topological polar surface area (TPSA) is 20.2 Å². The molecule has 0 amide bonds. The van der Waals surface area contributed by atoms with E-state index in [0.717, 1.165) is 10.8 Å². The molecule has 0 aliphatic heterocycles. The molecule has 3 heteroatoms. The van der Waals surface area contributed by atoms with Gasteiger partial charge < -0.3 is 9.21 Å². The van der Waals surface area contributed by atoms with Gasteiger partial charge in [-0.15, -0.1) is 0 Å². The minimum absolute atomic E-state index is 0.0891. The summed E-state index contributed by atoms with van der Waals surface area (Å²) in [6.45, 7) is 8.06. The van der Waals surface area contributed by atoms with E-state index in [2.05, 4.69) is 0 Å². The molecule has 0 fully saturated rings. The fourth-order valence-corrected chi connectivity index (χ4v) is 5.73. The highest BCUT2D eigenvalue weighted by molar-refractivity contribution is 6.88. The fraction of sp³-hybridized carbons (Fsp3) is 0.571. The molecule has 0 aliphatic rings. The van der Waals surface area contributed by atoms with E-state index in [0.29, 0.717) is 6.42 Å². The maximum Gasteiger partial charge on any atom is 0.282 e. The lowest BCUT2D eigenvalue weighted by atomic mass is 10.2. The standard InChI is InChI=1S/C14H23FOSi/c1-11(2)17(15,12(3)4)14-7-5-13(6-8-14)9-10-16/h5-8,11-12,16H,9-10H2,1-4H3. The second-order valence-corrected chi connectivity index (χ2v) is 9.67. The number of rotatable bonds is 5. The van der Waals surface area contributed by atoms with Crippen molar-refractivity contribution >= 4 is 13.6 Å². The zero-order valence-corrected chi connectivity index (χ0v) is 12.2. The molecule has 0 saturated carbocycles. The Balaban J connectivity index is 3.04. The average molecular weight is 254 g/mol. The molecule has 96 valence electrons. The lowest BCUT2D eigenvalue weighted by molar-refractivity contribution is 0.299. The van der Waals surface area contributed by atoms with Gasteiger partial charge in [-0.2, -0.15) is 0 Å². The summed E-state index contributed by atoms with van der Waals surface area (Å²) in [5.74, 6) is 0. The van der Waals surface area contributed by atoms with Gasteiger partial charge in [0.1, 0.15) is 0 Å². The summed E-state index contributed by atoms with van der Waals surface area (Å²) < 4.78 is 15.2. The number of hydrogen-bond acceptors (Lipinski definition) is 1. The summed E-state index contributed by atoms with van der Waals surface area (Å²) in [6.07, 6.45) is 0.643. The fourth-order valence-electron chi connectivity index (χ4n) is 2.39. The van der Waals surface area contributed by atoms with Crippen LogP contribution in [0.25, 0.3) is 0 Å². The lowest BCUT2D eigenvalue weighted by Gasteiger charge is -2.30. The Morgan fingerprint density at radius 3 is 1.88 bits per heavy atom. The molecule has 1 N–H and O–H groups in total. The van der Waals surface area contributed by atoms with Gasteiger partial charge in [0.15, 0.2) is 0 Å². The van der Waals surface area contributed by atoms with Crippen molar-refractivity contribution in [3.8, 4) is 0 Å². The maximum absolute atomic E-state index is 15.2. The Kier molecular flexibility index (Phi) is 4.89.